The van der Waals surface area contributed by atoms with Gasteiger partial charge in [0.1, 0.15) is 6.33 Å². The van der Waals surface area contributed by atoms with Crippen LogP contribution in [0.15, 0.2) is 30.6 Å². The van der Waals surface area contributed by atoms with E-state index in [4.69, 9.17) is 5.11 Å². The zero-order valence-corrected chi connectivity index (χ0v) is 11.8. The summed E-state index contributed by atoms with van der Waals surface area (Å²) in [6, 6.07) is 5.16. The number of aromatic nitrogens is 3. The minimum Gasteiger partial charge on any atom is -0.465 e. The van der Waals surface area contributed by atoms with Crippen molar-refractivity contribution in [2.75, 3.05) is 5.32 Å². The van der Waals surface area contributed by atoms with E-state index in [-0.39, 0.29) is 11.3 Å². The Balaban J connectivity index is 2.45. The molecule has 0 aliphatic rings. The highest BCUT2D eigenvalue weighted by molar-refractivity contribution is 5.82. The molecule has 1 aromatic carbocycles. The molecule has 0 saturated carbocycles. The van der Waals surface area contributed by atoms with Crippen LogP contribution in [0.4, 0.5) is 19.3 Å². The zero-order valence-electron chi connectivity index (χ0n) is 11.8. The summed E-state index contributed by atoms with van der Waals surface area (Å²) in [5, 5.41) is 27.8. The SMILES string of the molecule is Cn1cnnc1C(F)(F)C(C)(O)c1cccc(NC(=O)O)c1. The molecule has 0 aliphatic heterocycles. The van der Waals surface area contributed by atoms with E-state index in [1.807, 2.05) is 5.32 Å². The third-order valence-corrected chi connectivity index (χ3v) is 3.28. The fourth-order valence-electron chi connectivity index (χ4n) is 1.99. The lowest BCUT2D eigenvalue weighted by molar-refractivity contribution is -0.191. The van der Waals surface area contributed by atoms with Crippen molar-refractivity contribution >= 4 is 11.8 Å². The van der Waals surface area contributed by atoms with Crippen LogP contribution < -0.4 is 5.32 Å². The molecule has 1 aromatic heterocycles. The largest absolute Gasteiger partial charge is 0.465 e. The predicted octanol–water partition coefficient (Wildman–Crippen LogP) is 1.90. The lowest BCUT2D eigenvalue weighted by Gasteiger charge is -2.32. The van der Waals surface area contributed by atoms with Crippen LogP contribution in [0.2, 0.25) is 0 Å². The molecule has 0 bridgehead atoms. The number of aryl methyl sites for hydroxylation is 1. The highest BCUT2D eigenvalue weighted by atomic mass is 19.3. The van der Waals surface area contributed by atoms with E-state index in [0.717, 1.165) is 23.9 Å². The number of anilines is 1. The van der Waals surface area contributed by atoms with Gasteiger partial charge < -0.3 is 14.8 Å². The van der Waals surface area contributed by atoms with Crippen molar-refractivity contribution in [3.05, 3.63) is 42.0 Å². The molecule has 3 N–H and O–H groups in total. The van der Waals surface area contributed by atoms with Gasteiger partial charge in [0.25, 0.3) is 0 Å². The molecule has 0 fully saturated rings. The monoisotopic (exact) mass is 312 g/mol. The molecule has 0 radical (unpaired) electrons. The van der Waals surface area contributed by atoms with Gasteiger partial charge in [-0.25, -0.2) is 4.79 Å². The fourth-order valence-corrected chi connectivity index (χ4v) is 1.99. The molecule has 2 aromatic rings. The molecule has 22 heavy (non-hydrogen) atoms. The Kier molecular flexibility index (Phi) is 3.84. The number of alkyl halides is 2. The molecule has 0 aliphatic carbocycles. The maximum absolute atomic E-state index is 14.6. The van der Waals surface area contributed by atoms with Crippen molar-refractivity contribution in [1.82, 2.24) is 14.8 Å². The quantitative estimate of drug-likeness (QED) is 0.800. The molecule has 1 amide bonds. The van der Waals surface area contributed by atoms with Crippen LogP contribution in [-0.2, 0) is 18.6 Å². The zero-order chi connectivity index (χ0) is 16.5. The van der Waals surface area contributed by atoms with E-state index in [1.165, 1.54) is 25.2 Å². The average Bonchev–Trinajstić information content (AvgIpc) is 2.85. The Hall–Kier alpha value is -2.55. The third-order valence-electron chi connectivity index (χ3n) is 3.28. The molecule has 9 heteroatoms. The second-order valence-corrected chi connectivity index (χ2v) is 4.92. The number of nitrogens with one attached hydrogen (secondary N) is 1. The minimum atomic E-state index is -3.74. The molecule has 7 nitrogen and oxygen atoms in total. The number of amides is 1. The summed E-state index contributed by atoms with van der Waals surface area (Å²) in [6.07, 6.45) is -0.237. The summed E-state index contributed by atoms with van der Waals surface area (Å²) in [7, 11) is 1.34. The predicted molar refractivity (Wildman–Crippen MR) is 72.6 cm³/mol. The Labute approximate surface area is 124 Å². The molecule has 1 heterocycles. The molecule has 0 saturated heterocycles. The van der Waals surface area contributed by atoms with Gasteiger partial charge in [0.15, 0.2) is 5.60 Å². The normalized spacial score (nSPS) is 14.4. The standard InChI is InChI=1S/C13H14F2N4O3/c1-12(22,13(14,15)10-18-16-7-19(10)2)8-4-3-5-9(6-8)17-11(20)21/h3-7,17,22H,1-2H3,(H,20,21). The highest BCUT2D eigenvalue weighted by Gasteiger charge is 2.54. The average molecular weight is 312 g/mol. The smallest absolute Gasteiger partial charge is 0.409 e. The molecule has 1 unspecified atom stereocenters. The molecule has 118 valence electrons. The van der Waals surface area contributed by atoms with Crippen molar-refractivity contribution in [3.8, 4) is 0 Å². The number of carbonyl (C=O) groups is 1. The third kappa shape index (κ3) is 2.62. The lowest BCUT2D eigenvalue weighted by Crippen LogP contribution is -2.42. The first kappa shape index (κ1) is 15.8. The molecular formula is C13H14F2N4O3. The number of nitrogens with zero attached hydrogens (tertiary/aromatic N) is 3. The summed E-state index contributed by atoms with van der Waals surface area (Å²) in [6.45, 7) is 0.932. The first-order chi connectivity index (χ1) is 10.2. The van der Waals surface area contributed by atoms with E-state index in [9.17, 15) is 18.7 Å². The van der Waals surface area contributed by atoms with Crippen molar-refractivity contribution < 1.29 is 23.8 Å². The Morgan fingerprint density at radius 2 is 2.09 bits per heavy atom. The summed E-state index contributed by atoms with van der Waals surface area (Å²) in [5.41, 5.74) is -2.70. The van der Waals surface area contributed by atoms with Crippen LogP contribution in [0.5, 0.6) is 0 Å². The summed E-state index contributed by atoms with van der Waals surface area (Å²) in [5.74, 6) is -4.44. The van der Waals surface area contributed by atoms with Crippen LogP contribution in [0, 0.1) is 0 Å². The number of hydrogen-bond donors (Lipinski definition) is 3. The number of hydrogen-bond acceptors (Lipinski definition) is 4. The minimum absolute atomic E-state index is 0.0686. The van der Waals surface area contributed by atoms with Crippen molar-refractivity contribution in [2.45, 2.75) is 18.4 Å². The second-order valence-electron chi connectivity index (χ2n) is 4.92. The second kappa shape index (κ2) is 5.34. The topological polar surface area (TPSA) is 100 Å². The first-order valence-electron chi connectivity index (χ1n) is 6.21. The van der Waals surface area contributed by atoms with Gasteiger partial charge in [0.05, 0.1) is 0 Å². The lowest BCUT2D eigenvalue weighted by atomic mass is 9.88. The maximum Gasteiger partial charge on any atom is 0.409 e. The van der Waals surface area contributed by atoms with Crippen LogP contribution in [0.25, 0.3) is 0 Å². The van der Waals surface area contributed by atoms with Gasteiger partial charge in [-0.15, -0.1) is 10.2 Å². The van der Waals surface area contributed by atoms with Gasteiger partial charge in [-0.3, -0.25) is 5.32 Å². The van der Waals surface area contributed by atoms with Crippen molar-refractivity contribution in [3.63, 3.8) is 0 Å². The number of carboxylic acid groups (broad SMARTS) is 1. The van der Waals surface area contributed by atoms with Gasteiger partial charge in [0, 0.05) is 12.7 Å². The first-order valence-corrected chi connectivity index (χ1v) is 6.21. The fraction of sp³-hybridized carbons (Fsp3) is 0.308. The molecule has 1 atom stereocenters. The number of aliphatic hydroxyl groups is 1. The Bertz CT molecular complexity index is 700. The van der Waals surface area contributed by atoms with Crippen LogP contribution in [-0.4, -0.2) is 31.1 Å². The van der Waals surface area contributed by atoms with Gasteiger partial charge in [-0.2, -0.15) is 8.78 Å². The molecule has 2 rings (SSSR count). The van der Waals surface area contributed by atoms with E-state index in [0.29, 0.717) is 0 Å². The highest BCUT2D eigenvalue weighted by Crippen LogP contribution is 2.44. The van der Waals surface area contributed by atoms with Crippen molar-refractivity contribution in [2.24, 2.45) is 7.05 Å². The van der Waals surface area contributed by atoms with Crippen LogP contribution in [0.1, 0.15) is 18.3 Å². The number of benzene rings is 1. The van der Waals surface area contributed by atoms with E-state index >= 15 is 0 Å². The summed E-state index contributed by atoms with van der Waals surface area (Å²) >= 11 is 0. The summed E-state index contributed by atoms with van der Waals surface area (Å²) in [4.78, 5) is 10.6. The molecular weight excluding hydrogens is 298 g/mol. The van der Waals surface area contributed by atoms with E-state index in [1.54, 1.807) is 0 Å². The van der Waals surface area contributed by atoms with Crippen LogP contribution in [0.3, 0.4) is 0 Å². The number of rotatable bonds is 4. The maximum atomic E-state index is 14.6. The van der Waals surface area contributed by atoms with Gasteiger partial charge in [-0.1, -0.05) is 12.1 Å². The van der Waals surface area contributed by atoms with E-state index < -0.39 is 23.4 Å². The van der Waals surface area contributed by atoms with Crippen molar-refractivity contribution in [1.29, 1.82) is 0 Å². The Morgan fingerprint density at radius 3 is 2.64 bits per heavy atom. The van der Waals surface area contributed by atoms with Gasteiger partial charge in [-0.05, 0) is 24.6 Å². The molecule has 0 spiro atoms. The van der Waals surface area contributed by atoms with Crippen LogP contribution >= 0.6 is 0 Å². The Morgan fingerprint density at radius 1 is 1.41 bits per heavy atom. The van der Waals surface area contributed by atoms with E-state index in [2.05, 4.69) is 10.2 Å². The van der Waals surface area contributed by atoms with Gasteiger partial charge >= 0.3 is 12.0 Å². The van der Waals surface area contributed by atoms with Gasteiger partial charge in [0.2, 0.25) is 5.82 Å². The summed E-state index contributed by atoms with van der Waals surface area (Å²) < 4.78 is 30.2. The number of halogens is 2.